The van der Waals surface area contributed by atoms with Gasteiger partial charge in [-0.1, -0.05) is 11.8 Å². The Labute approximate surface area is 189 Å². The van der Waals surface area contributed by atoms with Crippen molar-refractivity contribution in [3.05, 3.63) is 70.0 Å². The molecule has 5 rings (SSSR count). The van der Waals surface area contributed by atoms with Crippen LogP contribution in [0.2, 0.25) is 0 Å². The molecule has 0 saturated heterocycles. The molecule has 0 spiro atoms. The normalized spacial score (nSPS) is 14.1. The van der Waals surface area contributed by atoms with Crippen molar-refractivity contribution in [1.29, 1.82) is 0 Å². The summed E-state index contributed by atoms with van der Waals surface area (Å²) in [5.74, 6) is 1.30. The molecule has 32 heavy (non-hydrogen) atoms. The van der Waals surface area contributed by atoms with Gasteiger partial charge in [-0.25, -0.2) is 4.79 Å². The predicted molar refractivity (Wildman–Crippen MR) is 121 cm³/mol. The van der Waals surface area contributed by atoms with Crippen molar-refractivity contribution in [3.8, 4) is 11.5 Å². The van der Waals surface area contributed by atoms with Crippen LogP contribution in [0.4, 0.5) is 5.69 Å². The molecule has 1 N–H and O–H groups in total. The van der Waals surface area contributed by atoms with Crippen molar-refractivity contribution in [3.63, 3.8) is 0 Å². The zero-order chi connectivity index (χ0) is 21.9. The molecule has 2 aliphatic rings. The fourth-order valence-corrected chi connectivity index (χ4v) is 4.87. The third-order valence-electron chi connectivity index (χ3n) is 5.46. The van der Waals surface area contributed by atoms with E-state index < -0.39 is 0 Å². The molecular formula is C23H22N4O4S. The molecule has 0 fully saturated rings. The summed E-state index contributed by atoms with van der Waals surface area (Å²) in [7, 11) is 0. The molecule has 9 heteroatoms. The second-order valence-electron chi connectivity index (χ2n) is 7.62. The van der Waals surface area contributed by atoms with Crippen LogP contribution in [-0.4, -0.2) is 39.4 Å². The average Bonchev–Trinajstić information content (AvgIpc) is 3.30. The molecule has 1 aromatic carbocycles. The molecule has 1 amide bonds. The molecule has 0 bridgehead atoms. The summed E-state index contributed by atoms with van der Waals surface area (Å²) in [5.41, 5.74) is 3.48. The van der Waals surface area contributed by atoms with E-state index in [9.17, 15) is 9.59 Å². The Morgan fingerprint density at radius 3 is 2.75 bits per heavy atom. The van der Waals surface area contributed by atoms with Crippen molar-refractivity contribution in [1.82, 2.24) is 14.5 Å². The van der Waals surface area contributed by atoms with E-state index in [-0.39, 0.29) is 17.3 Å². The highest BCUT2D eigenvalue weighted by Crippen LogP contribution is 2.33. The van der Waals surface area contributed by atoms with Crippen LogP contribution < -0.4 is 20.5 Å². The topological polar surface area (TPSA) is 95.3 Å². The Morgan fingerprint density at radius 1 is 1.09 bits per heavy atom. The quantitative estimate of drug-likeness (QED) is 0.456. The molecular weight excluding hydrogens is 428 g/mol. The number of rotatable bonds is 6. The molecule has 2 aromatic heterocycles. The third-order valence-corrected chi connectivity index (χ3v) is 6.47. The van der Waals surface area contributed by atoms with E-state index in [0.29, 0.717) is 42.0 Å². The second kappa shape index (κ2) is 9.04. The van der Waals surface area contributed by atoms with Crippen molar-refractivity contribution in [2.75, 3.05) is 24.3 Å². The van der Waals surface area contributed by atoms with E-state index in [1.807, 2.05) is 12.1 Å². The highest BCUT2D eigenvalue weighted by atomic mass is 32.2. The summed E-state index contributed by atoms with van der Waals surface area (Å²) >= 11 is 1.31. The number of fused-ring (bicyclic) bond motifs is 2. The lowest BCUT2D eigenvalue weighted by Crippen LogP contribution is -2.28. The van der Waals surface area contributed by atoms with Crippen molar-refractivity contribution in [2.24, 2.45) is 0 Å². The van der Waals surface area contributed by atoms with E-state index >= 15 is 0 Å². The van der Waals surface area contributed by atoms with Gasteiger partial charge < -0.3 is 14.8 Å². The first-order valence-electron chi connectivity index (χ1n) is 10.5. The maximum absolute atomic E-state index is 12.8. The van der Waals surface area contributed by atoms with Crippen LogP contribution in [0.5, 0.6) is 11.5 Å². The molecule has 164 valence electrons. The van der Waals surface area contributed by atoms with Crippen LogP contribution in [0.25, 0.3) is 0 Å². The molecule has 3 aromatic rings. The molecule has 8 nitrogen and oxygen atoms in total. The first-order chi connectivity index (χ1) is 15.7. The van der Waals surface area contributed by atoms with Crippen LogP contribution >= 0.6 is 11.8 Å². The smallest absolute Gasteiger partial charge is 0.349 e. The Hall–Kier alpha value is -3.33. The minimum absolute atomic E-state index is 0.166. The Morgan fingerprint density at radius 2 is 1.91 bits per heavy atom. The number of thioether (sulfide) groups is 1. The van der Waals surface area contributed by atoms with E-state index in [1.165, 1.54) is 11.8 Å². The third kappa shape index (κ3) is 4.34. The van der Waals surface area contributed by atoms with E-state index in [4.69, 9.17) is 9.47 Å². The molecule has 0 atom stereocenters. The number of amides is 1. The van der Waals surface area contributed by atoms with Crippen LogP contribution in [-0.2, 0) is 24.2 Å². The van der Waals surface area contributed by atoms with Crippen molar-refractivity contribution >= 4 is 23.4 Å². The fraction of sp³-hybridized carbons (Fsp3) is 0.304. The monoisotopic (exact) mass is 450 g/mol. The van der Waals surface area contributed by atoms with Gasteiger partial charge in [-0.3, -0.25) is 14.3 Å². The summed E-state index contributed by atoms with van der Waals surface area (Å²) in [6.45, 7) is 1.49. The van der Waals surface area contributed by atoms with Crippen LogP contribution in [0.15, 0.2) is 52.5 Å². The van der Waals surface area contributed by atoms with Gasteiger partial charge in [0.2, 0.25) is 5.91 Å². The van der Waals surface area contributed by atoms with Gasteiger partial charge in [-0.05, 0) is 49.1 Å². The zero-order valence-corrected chi connectivity index (χ0v) is 18.2. The minimum atomic E-state index is -0.280. The molecule has 1 aliphatic carbocycles. The van der Waals surface area contributed by atoms with Crippen molar-refractivity contribution < 1.29 is 14.3 Å². The number of carbonyl (C=O) groups is 1. The lowest BCUT2D eigenvalue weighted by molar-refractivity contribution is -0.113. The SMILES string of the molecule is O=C(CSc1nc(=O)n(Cc2ccncc2)c2c1CCC2)Nc1ccc2c(c1)OCCO2. The van der Waals surface area contributed by atoms with Crippen LogP contribution in [0.1, 0.15) is 23.2 Å². The molecule has 0 saturated carbocycles. The van der Waals surface area contributed by atoms with E-state index in [1.54, 1.807) is 35.2 Å². The second-order valence-corrected chi connectivity index (χ2v) is 8.58. The van der Waals surface area contributed by atoms with Gasteiger partial charge in [0.1, 0.15) is 18.2 Å². The standard InChI is InChI=1S/C23H22N4O4S/c28-21(25-16-4-5-19-20(12-16)31-11-10-30-19)14-32-22-17-2-1-3-18(17)27(23(29)26-22)13-15-6-8-24-9-7-15/h4-9,12H,1-3,10-11,13-14H2,(H,25,28). The fourth-order valence-electron chi connectivity index (χ4n) is 3.99. The van der Waals surface area contributed by atoms with Gasteiger partial charge >= 0.3 is 5.69 Å². The predicted octanol–water partition coefficient (Wildman–Crippen LogP) is 2.68. The first kappa shape index (κ1) is 20.6. The first-order valence-corrected chi connectivity index (χ1v) is 11.5. The lowest BCUT2D eigenvalue weighted by atomic mass is 10.2. The summed E-state index contributed by atoms with van der Waals surface area (Å²) in [6, 6.07) is 9.13. The van der Waals surface area contributed by atoms with Gasteiger partial charge in [0.25, 0.3) is 0 Å². The average molecular weight is 451 g/mol. The van der Waals surface area contributed by atoms with Gasteiger partial charge in [-0.15, -0.1) is 0 Å². The molecule has 3 heterocycles. The molecule has 0 radical (unpaired) electrons. The zero-order valence-electron chi connectivity index (χ0n) is 17.4. The van der Waals surface area contributed by atoms with Crippen LogP contribution in [0.3, 0.4) is 0 Å². The van der Waals surface area contributed by atoms with E-state index in [0.717, 1.165) is 36.1 Å². The van der Waals surface area contributed by atoms with Gasteiger partial charge in [0.15, 0.2) is 11.5 Å². The number of carbonyl (C=O) groups excluding carboxylic acids is 1. The number of ether oxygens (including phenoxy) is 2. The summed E-state index contributed by atoms with van der Waals surface area (Å²) in [5, 5.41) is 3.53. The number of nitrogens with zero attached hydrogens (tertiary/aromatic N) is 3. The maximum atomic E-state index is 12.8. The highest BCUT2D eigenvalue weighted by Gasteiger charge is 2.23. The number of hydrogen-bond acceptors (Lipinski definition) is 7. The minimum Gasteiger partial charge on any atom is -0.486 e. The van der Waals surface area contributed by atoms with E-state index in [2.05, 4.69) is 15.3 Å². The lowest BCUT2D eigenvalue weighted by Gasteiger charge is -2.19. The number of anilines is 1. The van der Waals surface area contributed by atoms with Crippen LogP contribution in [0, 0.1) is 0 Å². The van der Waals surface area contributed by atoms with Gasteiger partial charge in [0.05, 0.1) is 12.3 Å². The van der Waals surface area contributed by atoms with Crippen molar-refractivity contribution in [2.45, 2.75) is 30.8 Å². The Balaban J connectivity index is 1.28. The number of nitrogens with one attached hydrogen (secondary N) is 1. The summed E-state index contributed by atoms with van der Waals surface area (Å²) in [4.78, 5) is 33.6. The Bertz CT molecular complexity index is 1210. The van der Waals surface area contributed by atoms with Gasteiger partial charge in [-0.2, -0.15) is 4.98 Å². The number of aromatic nitrogens is 3. The summed E-state index contributed by atoms with van der Waals surface area (Å²) in [6.07, 6.45) is 6.13. The van der Waals surface area contributed by atoms with Gasteiger partial charge in [0, 0.05) is 35.4 Å². The number of hydrogen-bond donors (Lipinski definition) is 1. The molecule has 0 unspecified atom stereocenters. The number of pyridine rings is 1. The summed E-state index contributed by atoms with van der Waals surface area (Å²) < 4.78 is 12.8. The highest BCUT2D eigenvalue weighted by molar-refractivity contribution is 8.00. The largest absolute Gasteiger partial charge is 0.486 e. The Kier molecular flexibility index (Phi) is 5.81. The number of benzene rings is 1. The molecule has 1 aliphatic heterocycles. The maximum Gasteiger partial charge on any atom is 0.349 e.